The molecule has 39 heavy (non-hydrogen) atoms. The molecule has 0 unspecified atom stereocenters. The van der Waals surface area contributed by atoms with Crippen molar-refractivity contribution < 1.29 is 19.4 Å². The van der Waals surface area contributed by atoms with Crippen LogP contribution in [0.25, 0.3) is 10.9 Å². The first kappa shape index (κ1) is 26.8. The lowest BCUT2D eigenvalue weighted by atomic mass is 9.56. The highest BCUT2D eigenvalue weighted by molar-refractivity contribution is 5.94. The average Bonchev–Trinajstić information content (AvgIpc) is 3.42. The molecule has 8 heteroatoms. The molecule has 2 heterocycles. The molecule has 3 aromatic rings. The SMILES string of the molecule is COc1cc(C)c2[nH]ccc2c1CN1CCC2(CC(C#N)C2)C[C@H]1c1ccc(C(=O)N(C)CCC(=O)O)cc1. The highest BCUT2D eigenvalue weighted by atomic mass is 16.5. The van der Waals surface area contributed by atoms with Crippen molar-refractivity contribution in [3.05, 3.63) is 64.8 Å². The van der Waals surface area contributed by atoms with Gasteiger partial charge in [0.05, 0.1) is 19.6 Å². The summed E-state index contributed by atoms with van der Waals surface area (Å²) in [6.07, 6.45) is 5.84. The number of benzene rings is 2. The van der Waals surface area contributed by atoms with Gasteiger partial charge >= 0.3 is 5.97 Å². The summed E-state index contributed by atoms with van der Waals surface area (Å²) in [7, 11) is 3.35. The minimum Gasteiger partial charge on any atom is -0.496 e. The van der Waals surface area contributed by atoms with Crippen LogP contribution >= 0.6 is 0 Å². The molecule has 2 aliphatic rings. The van der Waals surface area contributed by atoms with E-state index in [-0.39, 0.29) is 36.2 Å². The van der Waals surface area contributed by atoms with Crippen molar-refractivity contribution in [1.82, 2.24) is 14.8 Å². The van der Waals surface area contributed by atoms with Gasteiger partial charge in [0.15, 0.2) is 0 Å². The van der Waals surface area contributed by atoms with Crippen molar-refractivity contribution in [1.29, 1.82) is 5.26 Å². The number of likely N-dealkylation sites (tertiary alicyclic amines) is 1. The largest absolute Gasteiger partial charge is 0.496 e. The Hall–Kier alpha value is -3.83. The molecule has 1 aliphatic carbocycles. The van der Waals surface area contributed by atoms with E-state index < -0.39 is 5.97 Å². The molecule has 1 saturated heterocycles. The van der Waals surface area contributed by atoms with Crippen molar-refractivity contribution in [2.75, 3.05) is 27.2 Å². The zero-order chi connectivity index (χ0) is 27.7. The lowest BCUT2D eigenvalue weighted by molar-refractivity contribution is -0.137. The third-order valence-electron chi connectivity index (χ3n) is 8.78. The number of hydrogen-bond acceptors (Lipinski definition) is 5. The smallest absolute Gasteiger partial charge is 0.305 e. The zero-order valence-corrected chi connectivity index (χ0v) is 22.9. The Kier molecular flexibility index (Phi) is 7.37. The maximum Gasteiger partial charge on any atom is 0.305 e. The lowest BCUT2D eigenvalue weighted by Gasteiger charge is -2.53. The van der Waals surface area contributed by atoms with E-state index in [0.717, 1.165) is 66.7 Å². The highest BCUT2D eigenvalue weighted by Gasteiger charge is 2.49. The van der Waals surface area contributed by atoms with E-state index in [0.29, 0.717) is 5.56 Å². The van der Waals surface area contributed by atoms with Gasteiger partial charge in [-0.15, -0.1) is 0 Å². The predicted octanol–water partition coefficient (Wildman–Crippen LogP) is 5.29. The number of nitriles is 1. The third kappa shape index (κ3) is 5.24. The number of amides is 1. The van der Waals surface area contributed by atoms with E-state index in [1.807, 2.05) is 30.5 Å². The van der Waals surface area contributed by atoms with Crippen LogP contribution in [0.1, 0.15) is 65.2 Å². The Balaban J connectivity index is 1.43. The number of aromatic amines is 1. The van der Waals surface area contributed by atoms with Crippen LogP contribution in [0.15, 0.2) is 42.6 Å². The van der Waals surface area contributed by atoms with Crippen LogP contribution < -0.4 is 4.74 Å². The number of aromatic nitrogens is 1. The number of carboxylic acid groups (broad SMARTS) is 1. The average molecular weight is 529 g/mol. The van der Waals surface area contributed by atoms with Crippen LogP contribution in [0.2, 0.25) is 0 Å². The van der Waals surface area contributed by atoms with Crippen LogP contribution in [-0.2, 0) is 11.3 Å². The van der Waals surface area contributed by atoms with Gasteiger partial charge in [-0.3, -0.25) is 14.5 Å². The van der Waals surface area contributed by atoms with Gasteiger partial charge in [-0.2, -0.15) is 5.26 Å². The predicted molar refractivity (Wildman–Crippen MR) is 148 cm³/mol. The van der Waals surface area contributed by atoms with Gasteiger partial charge in [0.2, 0.25) is 0 Å². The van der Waals surface area contributed by atoms with Gasteiger partial charge in [-0.05, 0) is 80.0 Å². The van der Waals surface area contributed by atoms with Crippen molar-refractivity contribution in [2.45, 2.75) is 51.6 Å². The number of carbonyl (C=O) groups is 2. The number of carbonyl (C=O) groups excluding carboxylic acids is 1. The topological polar surface area (TPSA) is 110 Å². The fourth-order valence-corrected chi connectivity index (χ4v) is 6.56. The second-order valence-electron chi connectivity index (χ2n) is 11.3. The number of hydrogen-bond donors (Lipinski definition) is 2. The molecule has 1 aromatic heterocycles. The second-order valence-corrected chi connectivity index (χ2v) is 11.3. The summed E-state index contributed by atoms with van der Waals surface area (Å²) in [6, 6.07) is 14.6. The van der Waals surface area contributed by atoms with Gasteiger partial charge in [-0.25, -0.2) is 0 Å². The van der Waals surface area contributed by atoms with Crippen molar-refractivity contribution in [2.24, 2.45) is 11.3 Å². The summed E-state index contributed by atoms with van der Waals surface area (Å²) in [5.74, 6) is -0.0738. The number of nitrogens with one attached hydrogen (secondary N) is 1. The maximum absolute atomic E-state index is 12.9. The van der Waals surface area contributed by atoms with Crippen LogP contribution in [0, 0.1) is 29.6 Å². The molecule has 1 saturated carbocycles. The van der Waals surface area contributed by atoms with Gasteiger partial charge < -0.3 is 19.7 Å². The van der Waals surface area contributed by atoms with E-state index in [2.05, 4.69) is 35.0 Å². The molecule has 1 spiro atoms. The van der Waals surface area contributed by atoms with Gasteiger partial charge in [0.25, 0.3) is 5.91 Å². The Morgan fingerprint density at radius 1 is 1.23 bits per heavy atom. The number of ether oxygens (including phenoxy) is 1. The number of nitrogens with zero attached hydrogens (tertiary/aromatic N) is 3. The molecule has 0 bridgehead atoms. The molecular formula is C31H36N4O4. The van der Waals surface area contributed by atoms with Crippen LogP contribution in [-0.4, -0.2) is 59.0 Å². The van der Waals surface area contributed by atoms with Crippen molar-refractivity contribution in [3.63, 3.8) is 0 Å². The fraction of sp³-hybridized carbons (Fsp3) is 0.452. The number of rotatable bonds is 8. The molecule has 1 aliphatic heterocycles. The number of carboxylic acids is 1. The van der Waals surface area contributed by atoms with Crippen molar-refractivity contribution in [3.8, 4) is 11.8 Å². The number of piperidine rings is 1. The summed E-state index contributed by atoms with van der Waals surface area (Å²) in [5, 5.41) is 19.6. The molecule has 2 aromatic carbocycles. The zero-order valence-electron chi connectivity index (χ0n) is 22.9. The first-order chi connectivity index (χ1) is 18.7. The Labute approximate surface area is 229 Å². The number of H-pyrrole nitrogens is 1. The first-order valence-corrected chi connectivity index (χ1v) is 13.6. The summed E-state index contributed by atoms with van der Waals surface area (Å²) in [6.45, 7) is 3.91. The number of aryl methyl sites for hydroxylation is 1. The summed E-state index contributed by atoms with van der Waals surface area (Å²) in [4.78, 5) is 31.1. The number of aliphatic carboxylic acids is 1. The fourth-order valence-electron chi connectivity index (χ4n) is 6.56. The molecule has 2 fully saturated rings. The molecule has 5 rings (SSSR count). The van der Waals surface area contributed by atoms with Gasteiger partial charge in [0, 0.05) is 60.3 Å². The molecule has 2 N–H and O–H groups in total. The van der Waals surface area contributed by atoms with E-state index in [1.54, 1.807) is 14.2 Å². The standard InChI is InChI=1S/C31H36N4O4/c1-20-14-27(39-3)25(24-8-11-33-29(20)24)19-35-13-10-31(15-21(16-31)18-32)17-26(35)22-4-6-23(7-5-22)30(38)34(2)12-9-28(36)37/h4-8,11,14,21,26,33H,9-10,12-13,15-17,19H2,1-3H3,(H,36,37)/t21?,26-,31?/m0/s1. The van der Waals surface area contributed by atoms with Crippen molar-refractivity contribution >= 4 is 22.8 Å². The Morgan fingerprint density at radius 2 is 1.97 bits per heavy atom. The maximum atomic E-state index is 12.9. The number of methoxy groups -OCH3 is 1. The minimum absolute atomic E-state index is 0.0833. The normalized spacial score (nSPS) is 22.8. The number of fused-ring (bicyclic) bond motifs is 1. The van der Waals surface area contributed by atoms with E-state index in [4.69, 9.17) is 9.84 Å². The second kappa shape index (κ2) is 10.7. The summed E-state index contributed by atoms with van der Waals surface area (Å²) >= 11 is 0. The lowest BCUT2D eigenvalue weighted by Crippen LogP contribution is -2.48. The first-order valence-electron chi connectivity index (χ1n) is 13.6. The monoisotopic (exact) mass is 528 g/mol. The molecule has 8 nitrogen and oxygen atoms in total. The van der Waals surface area contributed by atoms with Gasteiger partial charge in [0.1, 0.15) is 5.75 Å². The van der Waals surface area contributed by atoms with Crippen LogP contribution in [0.3, 0.4) is 0 Å². The molecular weight excluding hydrogens is 492 g/mol. The van der Waals surface area contributed by atoms with E-state index >= 15 is 0 Å². The quantitative estimate of drug-likeness (QED) is 0.411. The van der Waals surface area contributed by atoms with E-state index in [9.17, 15) is 14.9 Å². The third-order valence-corrected chi connectivity index (χ3v) is 8.78. The Morgan fingerprint density at radius 3 is 2.64 bits per heavy atom. The molecule has 0 radical (unpaired) electrons. The molecule has 204 valence electrons. The summed E-state index contributed by atoms with van der Waals surface area (Å²) < 4.78 is 5.83. The van der Waals surface area contributed by atoms with Crippen LogP contribution in [0.4, 0.5) is 0 Å². The Bertz CT molecular complexity index is 1410. The van der Waals surface area contributed by atoms with Crippen LogP contribution in [0.5, 0.6) is 5.75 Å². The van der Waals surface area contributed by atoms with E-state index in [1.165, 1.54) is 10.3 Å². The molecule has 1 amide bonds. The molecule has 1 atom stereocenters. The van der Waals surface area contributed by atoms with Gasteiger partial charge in [-0.1, -0.05) is 12.1 Å². The minimum atomic E-state index is -0.923. The highest BCUT2D eigenvalue weighted by Crippen LogP contribution is 2.56. The summed E-state index contributed by atoms with van der Waals surface area (Å²) in [5.41, 5.74) is 5.32.